The lowest BCUT2D eigenvalue weighted by Gasteiger charge is -1.96. The molecule has 0 bridgehead atoms. The maximum absolute atomic E-state index is 9.05. The van der Waals surface area contributed by atoms with E-state index in [2.05, 4.69) is 12.6 Å². The van der Waals surface area contributed by atoms with Gasteiger partial charge in [-0.3, -0.25) is 0 Å². The molecule has 0 saturated heterocycles. The van der Waals surface area contributed by atoms with Gasteiger partial charge in [0.2, 0.25) is 0 Å². The number of rotatable bonds is 0. The van der Waals surface area contributed by atoms with Gasteiger partial charge < -0.3 is 5.11 Å². The molecule has 1 aromatic rings. The van der Waals surface area contributed by atoms with Gasteiger partial charge in [0.25, 0.3) is 0 Å². The molecule has 1 rings (SSSR count). The topological polar surface area (TPSA) is 20.2 Å². The molecule has 0 radical (unpaired) electrons. The molecule has 2 heteroatoms. The molecule has 1 N–H and O–H groups in total. The van der Waals surface area contributed by atoms with Crippen LogP contribution in [0.25, 0.3) is 0 Å². The third kappa shape index (κ3) is 1.39. The van der Waals surface area contributed by atoms with Gasteiger partial charge in [0, 0.05) is 4.90 Å². The highest BCUT2D eigenvalue weighted by atomic mass is 32.1. The van der Waals surface area contributed by atoms with Crippen molar-refractivity contribution < 1.29 is 5.11 Å². The Morgan fingerprint density at radius 3 is 2.56 bits per heavy atom. The van der Waals surface area contributed by atoms with Crippen LogP contribution in [0.4, 0.5) is 0 Å². The lowest BCUT2D eigenvalue weighted by atomic mass is 10.2. The van der Waals surface area contributed by atoms with Gasteiger partial charge in [-0.25, -0.2) is 0 Å². The Bertz CT molecular complexity index is 220. The molecular formula is C7H8OS. The summed E-state index contributed by atoms with van der Waals surface area (Å²) in [6.07, 6.45) is 0. The number of hydrogen-bond acceptors (Lipinski definition) is 2. The number of benzene rings is 1. The summed E-state index contributed by atoms with van der Waals surface area (Å²) >= 11 is 4.04. The molecule has 0 aliphatic heterocycles. The van der Waals surface area contributed by atoms with Crippen molar-refractivity contribution in [1.82, 2.24) is 0 Å². The van der Waals surface area contributed by atoms with E-state index in [9.17, 15) is 0 Å². The molecule has 0 saturated carbocycles. The molecule has 0 unspecified atom stereocenters. The van der Waals surface area contributed by atoms with E-state index < -0.39 is 0 Å². The van der Waals surface area contributed by atoms with Gasteiger partial charge in [-0.15, -0.1) is 12.6 Å². The minimum Gasteiger partial charge on any atom is -0.508 e. The van der Waals surface area contributed by atoms with Crippen LogP contribution in [0, 0.1) is 6.92 Å². The maximum atomic E-state index is 9.05. The summed E-state index contributed by atoms with van der Waals surface area (Å²) in [6.45, 7) is 1.85. The molecule has 0 fully saturated rings. The van der Waals surface area contributed by atoms with Crippen LogP contribution in [-0.4, -0.2) is 5.11 Å². The van der Waals surface area contributed by atoms with Crippen LogP contribution in [0.3, 0.4) is 0 Å². The smallest absolute Gasteiger partial charge is 0.119 e. The first-order valence-corrected chi connectivity index (χ1v) is 3.13. The van der Waals surface area contributed by atoms with Crippen LogP contribution in [0.2, 0.25) is 0 Å². The molecule has 0 amide bonds. The molecule has 1 aromatic carbocycles. The van der Waals surface area contributed by atoms with E-state index in [-0.39, 0.29) is 0 Å². The van der Waals surface area contributed by atoms with Crippen LogP contribution in [-0.2, 0) is 0 Å². The van der Waals surface area contributed by atoms with Gasteiger partial charge in [0.1, 0.15) is 5.75 Å². The molecule has 0 aliphatic rings. The van der Waals surface area contributed by atoms with Crippen molar-refractivity contribution in [3.63, 3.8) is 0 Å². The van der Waals surface area contributed by atoms with Gasteiger partial charge >= 0.3 is 0 Å². The molecule has 0 heterocycles. The fraction of sp³-hybridized carbons (Fsp3) is 0.143. The summed E-state index contributed by atoms with van der Waals surface area (Å²) in [5.74, 6) is 0.308. The monoisotopic (exact) mass is 140 g/mol. The second-order valence-electron chi connectivity index (χ2n) is 1.97. The number of phenolic OH excluding ortho intramolecular Hbond substituents is 1. The van der Waals surface area contributed by atoms with Crippen molar-refractivity contribution in [3.05, 3.63) is 23.8 Å². The predicted octanol–water partition coefficient (Wildman–Crippen LogP) is 1.99. The molecular weight excluding hydrogens is 132 g/mol. The van der Waals surface area contributed by atoms with Gasteiger partial charge in [-0.2, -0.15) is 0 Å². The molecule has 0 aromatic heterocycles. The standard InChI is InChI=1S/C7H8OS/c1-5-2-3-6(9)4-7(5)8/h2-4,8-9H,1H3. The largest absolute Gasteiger partial charge is 0.508 e. The summed E-state index contributed by atoms with van der Waals surface area (Å²) in [5, 5.41) is 9.05. The Morgan fingerprint density at radius 1 is 1.44 bits per heavy atom. The molecule has 0 atom stereocenters. The molecule has 1 nitrogen and oxygen atoms in total. The third-order valence-corrected chi connectivity index (χ3v) is 1.47. The summed E-state index contributed by atoms with van der Waals surface area (Å²) in [7, 11) is 0. The lowest BCUT2D eigenvalue weighted by Crippen LogP contribution is -1.72. The second-order valence-corrected chi connectivity index (χ2v) is 2.49. The van der Waals surface area contributed by atoms with Gasteiger partial charge in [0.05, 0.1) is 0 Å². The average molecular weight is 140 g/mol. The van der Waals surface area contributed by atoms with Crippen LogP contribution < -0.4 is 0 Å². The van der Waals surface area contributed by atoms with Crippen molar-refractivity contribution in [1.29, 1.82) is 0 Å². The predicted molar refractivity (Wildman–Crippen MR) is 40.1 cm³/mol. The van der Waals surface area contributed by atoms with Crippen molar-refractivity contribution in [2.75, 3.05) is 0 Å². The second kappa shape index (κ2) is 2.31. The van der Waals surface area contributed by atoms with E-state index in [0.717, 1.165) is 10.5 Å². The van der Waals surface area contributed by atoms with Crippen molar-refractivity contribution in [3.8, 4) is 5.75 Å². The Morgan fingerprint density at radius 2 is 2.11 bits per heavy atom. The van der Waals surface area contributed by atoms with Crippen LogP contribution in [0.1, 0.15) is 5.56 Å². The Kier molecular flexibility index (Phi) is 1.67. The number of hydrogen-bond donors (Lipinski definition) is 2. The Hall–Kier alpha value is -0.630. The molecule has 0 aliphatic carbocycles. The fourth-order valence-electron chi connectivity index (χ4n) is 0.598. The van der Waals surface area contributed by atoms with Gasteiger partial charge in [0.15, 0.2) is 0 Å². The van der Waals surface area contributed by atoms with E-state index in [1.165, 1.54) is 0 Å². The minimum absolute atomic E-state index is 0.308. The zero-order valence-electron chi connectivity index (χ0n) is 5.13. The molecule has 9 heavy (non-hydrogen) atoms. The summed E-state index contributed by atoms with van der Waals surface area (Å²) in [6, 6.07) is 5.30. The number of thiol groups is 1. The zero-order valence-corrected chi connectivity index (χ0v) is 6.02. The Balaban J connectivity index is 3.17. The van der Waals surface area contributed by atoms with Crippen molar-refractivity contribution >= 4 is 12.6 Å². The lowest BCUT2D eigenvalue weighted by molar-refractivity contribution is 0.469. The Labute approximate surface area is 59.7 Å². The molecule has 0 spiro atoms. The maximum Gasteiger partial charge on any atom is 0.119 e. The van der Waals surface area contributed by atoms with Crippen LogP contribution in [0.15, 0.2) is 23.1 Å². The van der Waals surface area contributed by atoms with Crippen molar-refractivity contribution in [2.24, 2.45) is 0 Å². The highest BCUT2D eigenvalue weighted by Crippen LogP contribution is 2.18. The van der Waals surface area contributed by atoms with Crippen LogP contribution in [0.5, 0.6) is 5.75 Å². The van der Waals surface area contributed by atoms with Gasteiger partial charge in [-0.1, -0.05) is 6.07 Å². The first-order chi connectivity index (χ1) is 4.20. The summed E-state index contributed by atoms with van der Waals surface area (Å²) < 4.78 is 0. The van der Waals surface area contributed by atoms with E-state index >= 15 is 0 Å². The van der Waals surface area contributed by atoms with E-state index in [4.69, 9.17) is 5.11 Å². The van der Waals surface area contributed by atoms with E-state index in [1.54, 1.807) is 6.07 Å². The quantitative estimate of drug-likeness (QED) is 0.528. The van der Waals surface area contributed by atoms with Gasteiger partial charge in [-0.05, 0) is 24.6 Å². The normalized spacial score (nSPS) is 9.56. The first kappa shape index (κ1) is 6.49. The van der Waals surface area contributed by atoms with Crippen LogP contribution >= 0.6 is 12.6 Å². The highest BCUT2D eigenvalue weighted by molar-refractivity contribution is 7.80. The SMILES string of the molecule is Cc1ccc(S)cc1O. The third-order valence-electron chi connectivity index (χ3n) is 1.19. The number of phenols is 1. The fourth-order valence-corrected chi connectivity index (χ4v) is 0.795. The van der Waals surface area contributed by atoms with E-state index in [0.29, 0.717) is 5.75 Å². The minimum atomic E-state index is 0.308. The zero-order chi connectivity index (χ0) is 6.85. The summed E-state index contributed by atoms with van der Waals surface area (Å²) in [4.78, 5) is 0.790. The molecule has 48 valence electrons. The number of aromatic hydroxyl groups is 1. The van der Waals surface area contributed by atoms with Crippen molar-refractivity contribution in [2.45, 2.75) is 11.8 Å². The highest BCUT2D eigenvalue weighted by Gasteiger charge is 1.92. The number of aryl methyl sites for hydroxylation is 1. The van der Waals surface area contributed by atoms with E-state index in [1.807, 2.05) is 19.1 Å². The first-order valence-electron chi connectivity index (χ1n) is 2.69. The average Bonchev–Trinajstić information content (AvgIpc) is 1.80. The summed E-state index contributed by atoms with van der Waals surface area (Å²) in [5.41, 5.74) is 0.882.